The van der Waals surface area contributed by atoms with Gasteiger partial charge in [0.25, 0.3) is 0 Å². The highest BCUT2D eigenvalue weighted by Crippen LogP contribution is 2.22. The Morgan fingerprint density at radius 3 is 2.38 bits per heavy atom. The smallest absolute Gasteiger partial charge is 0.242 e. The van der Waals surface area contributed by atoms with E-state index in [9.17, 15) is 9.59 Å². The van der Waals surface area contributed by atoms with Crippen molar-refractivity contribution < 1.29 is 9.59 Å². The second kappa shape index (κ2) is 11.8. The predicted octanol–water partition coefficient (Wildman–Crippen LogP) is 5.29. The number of carbonyl (C=O) groups is 2. The Hall–Kier alpha value is -1.98. The summed E-state index contributed by atoms with van der Waals surface area (Å²) in [6.07, 6.45) is 2.00. The molecule has 176 valence electrons. The van der Waals surface area contributed by atoms with E-state index < -0.39 is 5.41 Å². The number of rotatable bonds is 11. The van der Waals surface area contributed by atoms with Crippen LogP contribution in [0.15, 0.2) is 42.6 Å². The summed E-state index contributed by atoms with van der Waals surface area (Å²) < 4.78 is 2.11. The summed E-state index contributed by atoms with van der Waals surface area (Å²) in [6, 6.07) is 11.8. The van der Waals surface area contributed by atoms with E-state index in [0.717, 1.165) is 16.3 Å². The monoisotopic (exact) mass is 479 g/mol. The summed E-state index contributed by atoms with van der Waals surface area (Å²) in [5.41, 5.74) is 1.35. The molecule has 0 unspecified atom stereocenters. The number of likely N-dealkylation sites (N-methyl/N-ethyl adjacent to an activating group) is 1. The lowest BCUT2D eigenvalue weighted by molar-refractivity contribution is -0.145. The molecule has 0 aliphatic carbocycles. The number of nitrogens with zero attached hydrogens (tertiary/aromatic N) is 3. The quantitative estimate of drug-likeness (QED) is 0.411. The van der Waals surface area contributed by atoms with Crippen LogP contribution in [0, 0.1) is 11.3 Å². The molecule has 0 aliphatic heterocycles. The summed E-state index contributed by atoms with van der Waals surface area (Å²) in [4.78, 5) is 29.6. The van der Waals surface area contributed by atoms with Gasteiger partial charge in [-0.1, -0.05) is 43.6 Å². The van der Waals surface area contributed by atoms with Gasteiger partial charge in [-0.05, 0) is 50.5 Å². The van der Waals surface area contributed by atoms with Gasteiger partial charge >= 0.3 is 0 Å². The van der Waals surface area contributed by atoms with E-state index >= 15 is 0 Å². The zero-order chi connectivity index (χ0) is 23.9. The number of alkyl halides is 1. The van der Waals surface area contributed by atoms with Crippen molar-refractivity contribution in [1.29, 1.82) is 0 Å². The van der Waals surface area contributed by atoms with Crippen molar-refractivity contribution in [2.75, 3.05) is 25.5 Å². The molecular weight excluding hydrogens is 445 g/mol. The van der Waals surface area contributed by atoms with Gasteiger partial charge in [-0.2, -0.15) is 0 Å². The summed E-state index contributed by atoms with van der Waals surface area (Å²) in [6.45, 7) is 11.9. The first-order chi connectivity index (χ1) is 15.1. The van der Waals surface area contributed by atoms with E-state index in [1.807, 2.05) is 68.3 Å². The van der Waals surface area contributed by atoms with Crippen molar-refractivity contribution in [1.82, 2.24) is 14.4 Å². The fourth-order valence-electron chi connectivity index (χ4n) is 3.52. The molecule has 0 atom stereocenters. The molecule has 0 spiro atoms. The third-order valence-electron chi connectivity index (χ3n) is 5.42. The fourth-order valence-corrected chi connectivity index (χ4v) is 3.83. The average Bonchev–Trinajstić information content (AvgIpc) is 3.18. The van der Waals surface area contributed by atoms with Crippen LogP contribution >= 0.6 is 23.2 Å². The maximum atomic E-state index is 13.3. The number of benzene rings is 1. The van der Waals surface area contributed by atoms with E-state index in [0.29, 0.717) is 32.1 Å². The summed E-state index contributed by atoms with van der Waals surface area (Å²) in [5.74, 6) is 0.345. The maximum absolute atomic E-state index is 13.3. The van der Waals surface area contributed by atoms with Crippen molar-refractivity contribution in [2.24, 2.45) is 11.3 Å². The van der Waals surface area contributed by atoms with Crippen LogP contribution in [-0.2, 0) is 22.7 Å². The molecule has 0 saturated carbocycles. The number of aromatic nitrogens is 1. The largest absolute Gasteiger partial charge is 0.345 e. The molecule has 32 heavy (non-hydrogen) atoms. The van der Waals surface area contributed by atoms with Crippen LogP contribution < -0.4 is 0 Å². The van der Waals surface area contributed by atoms with E-state index in [-0.39, 0.29) is 24.2 Å². The Balaban J connectivity index is 2.19. The Labute approximate surface area is 202 Å². The second-order valence-corrected chi connectivity index (χ2v) is 9.90. The number of halogens is 2. The van der Waals surface area contributed by atoms with Crippen LogP contribution in [0.4, 0.5) is 0 Å². The SMILES string of the molecule is CCN(CC(=O)N(Cc1cccn1Cc1ccccc1Cl)CC(C)C)C(=O)C(C)(C)CCl. The average molecular weight is 480 g/mol. The molecule has 2 amide bonds. The number of carbonyl (C=O) groups excluding carboxylic acids is 2. The Bertz CT molecular complexity index is 908. The van der Waals surface area contributed by atoms with E-state index in [1.54, 1.807) is 4.90 Å². The molecule has 5 nitrogen and oxygen atoms in total. The first kappa shape index (κ1) is 26.3. The zero-order valence-corrected chi connectivity index (χ0v) is 21.3. The molecule has 1 aromatic heterocycles. The first-order valence-corrected chi connectivity index (χ1v) is 12.0. The van der Waals surface area contributed by atoms with Gasteiger partial charge < -0.3 is 14.4 Å². The van der Waals surface area contributed by atoms with Gasteiger partial charge in [-0.25, -0.2) is 0 Å². The number of hydrogen-bond acceptors (Lipinski definition) is 2. The van der Waals surface area contributed by atoms with Crippen molar-refractivity contribution in [3.63, 3.8) is 0 Å². The molecule has 0 saturated heterocycles. The lowest BCUT2D eigenvalue weighted by Gasteiger charge is -2.32. The van der Waals surface area contributed by atoms with Crippen molar-refractivity contribution >= 4 is 35.0 Å². The second-order valence-electron chi connectivity index (χ2n) is 9.22. The first-order valence-electron chi connectivity index (χ1n) is 11.1. The number of hydrogen-bond donors (Lipinski definition) is 0. The van der Waals surface area contributed by atoms with Crippen LogP contribution in [-0.4, -0.2) is 51.7 Å². The normalized spacial score (nSPS) is 11.6. The minimum Gasteiger partial charge on any atom is -0.345 e. The molecule has 0 bridgehead atoms. The lowest BCUT2D eigenvalue weighted by atomic mass is 9.94. The van der Waals surface area contributed by atoms with Crippen LogP contribution in [0.1, 0.15) is 45.9 Å². The zero-order valence-electron chi connectivity index (χ0n) is 19.8. The van der Waals surface area contributed by atoms with Crippen molar-refractivity contribution in [3.8, 4) is 0 Å². The minimum atomic E-state index is -0.704. The molecule has 2 rings (SSSR count). The molecule has 0 fully saturated rings. The van der Waals surface area contributed by atoms with Crippen LogP contribution in [0.2, 0.25) is 5.02 Å². The van der Waals surface area contributed by atoms with Gasteiger partial charge in [0, 0.05) is 42.4 Å². The van der Waals surface area contributed by atoms with Gasteiger partial charge in [0.05, 0.1) is 18.5 Å². The highest BCUT2D eigenvalue weighted by atomic mass is 35.5. The van der Waals surface area contributed by atoms with Gasteiger partial charge in [-0.3, -0.25) is 9.59 Å². The lowest BCUT2D eigenvalue weighted by Crippen LogP contribution is -2.48. The minimum absolute atomic E-state index is 0.0492. The molecule has 0 aliphatic rings. The number of amides is 2. The molecular formula is C25H35Cl2N3O2. The van der Waals surface area contributed by atoms with Gasteiger partial charge in [-0.15, -0.1) is 11.6 Å². The third-order valence-corrected chi connectivity index (χ3v) is 6.46. The molecule has 1 aromatic carbocycles. The fraction of sp³-hybridized carbons (Fsp3) is 0.520. The van der Waals surface area contributed by atoms with Crippen LogP contribution in [0.5, 0.6) is 0 Å². The predicted molar refractivity (Wildman–Crippen MR) is 132 cm³/mol. The third kappa shape index (κ3) is 7.01. The van der Waals surface area contributed by atoms with Gasteiger partial charge in [0.1, 0.15) is 0 Å². The Kier molecular flexibility index (Phi) is 9.65. The standard InChI is InChI=1S/C25H35Cl2N3O2/c1-6-28(24(32)25(4,5)18-26)17-23(31)30(14-19(2)3)16-21-11-9-13-29(21)15-20-10-7-8-12-22(20)27/h7-13,19H,6,14-18H2,1-5H3. The van der Waals surface area contributed by atoms with Gasteiger partial charge in [0.15, 0.2) is 0 Å². The van der Waals surface area contributed by atoms with E-state index in [4.69, 9.17) is 23.2 Å². The molecule has 0 radical (unpaired) electrons. The molecule has 0 N–H and O–H groups in total. The van der Waals surface area contributed by atoms with E-state index in [1.165, 1.54) is 0 Å². The topological polar surface area (TPSA) is 45.6 Å². The van der Waals surface area contributed by atoms with Gasteiger partial charge in [0.2, 0.25) is 11.8 Å². The van der Waals surface area contributed by atoms with Crippen molar-refractivity contribution in [3.05, 3.63) is 58.9 Å². The Morgan fingerprint density at radius 2 is 1.78 bits per heavy atom. The molecule has 7 heteroatoms. The van der Waals surface area contributed by atoms with E-state index in [2.05, 4.69) is 18.4 Å². The highest BCUT2D eigenvalue weighted by molar-refractivity contribution is 6.31. The van der Waals surface area contributed by atoms with Crippen LogP contribution in [0.3, 0.4) is 0 Å². The molecule has 1 heterocycles. The van der Waals surface area contributed by atoms with Crippen molar-refractivity contribution in [2.45, 2.75) is 47.7 Å². The summed E-state index contributed by atoms with van der Waals surface area (Å²) in [5, 5.41) is 0.723. The summed E-state index contributed by atoms with van der Waals surface area (Å²) in [7, 11) is 0. The Morgan fingerprint density at radius 1 is 1.09 bits per heavy atom. The molecule has 2 aromatic rings. The summed E-state index contributed by atoms with van der Waals surface area (Å²) >= 11 is 12.3. The highest BCUT2D eigenvalue weighted by Gasteiger charge is 2.32. The maximum Gasteiger partial charge on any atom is 0.242 e. The van der Waals surface area contributed by atoms with Crippen LogP contribution in [0.25, 0.3) is 0 Å².